The van der Waals surface area contributed by atoms with Crippen LogP contribution in [0.4, 0.5) is 0 Å². The topological polar surface area (TPSA) is 15.8 Å². The van der Waals surface area contributed by atoms with Crippen molar-refractivity contribution in [2.24, 2.45) is 0 Å². The molecule has 1 N–H and O–H groups in total. The molecule has 2 heteroatoms. The van der Waals surface area contributed by atoms with Crippen LogP contribution in [0.5, 0.6) is 0 Å². The smallest absolute Gasteiger partial charge is 0.0544 e. The highest BCUT2D eigenvalue weighted by Gasteiger charge is 2.13. The summed E-state index contributed by atoms with van der Waals surface area (Å²) in [6, 6.07) is 35.3. The Morgan fingerprint density at radius 3 is 2.33 bits per heavy atom. The normalized spacial score (nSPS) is 12.0. The Bertz CT molecular complexity index is 1750. The van der Waals surface area contributed by atoms with Gasteiger partial charge in [0.2, 0.25) is 0 Å². The highest BCUT2D eigenvalue weighted by atomic mass is 32.1. The van der Waals surface area contributed by atoms with Gasteiger partial charge in [0, 0.05) is 42.0 Å². The molecule has 0 spiro atoms. The average molecular weight is 400 g/mol. The lowest BCUT2D eigenvalue weighted by atomic mass is 9.99. The summed E-state index contributed by atoms with van der Waals surface area (Å²) in [5.74, 6) is 0. The van der Waals surface area contributed by atoms with Crippen molar-refractivity contribution in [2.45, 2.75) is 0 Å². The molecule has 0 radical (unpaired) electrons. The molecule has 5 aromatic carbocycles. The first-order valence-electron chi connectivity index (χ1n) is 10.2. The van der Waals surface area contributed by atoms with Crippen LogP contribution in [0, 0.1) is 0 Å². The van der Waals surface area contributed by atoms with Gasteiger partial charge < -0.3 is 4.98 Å². The second-order valence-corrected chi connectivity index (χ2v) is 8.96. The summed E-state index contributed by atoms with van der Waals surface area (Å²) in [5, 5.41) is 7.86. The van der Waals surface area contributed by atoms with Crippen LogP contribution in [0.3, 0.4) is 0 Å². The minimum atomic E-state index is 1.19. The van der Waals surface area contributed by atoms with E-state index in [2.05, 4.69) is 102 Å². The van der Waals surface area contributed by atoms with Gasteiger partial charge in [0.15, 0.2) is 0 Å². The van der Waals surface area contributed by atoms with E-state index in [4.69, 9.17) is 0 Å². The predicted molar refractivity (Wildman–Crippen MR) is 132 cm³/mol. The lowest BCUT2D eigenvalue weighted by molar-refractivity contribution is 1.54. The molecule has 0 unspecified atom stereocenters. The van der Waals surface area contributed by atoms with Crippen molar-refractivity contribution in [1.29, 1.82) is 0 Å². The van der Waals surface area contributed by atoms with Crippen LogP contribution in [0.1, 0.15) is 0 Å². The lowest BCUT2D eigenvalue weighted by Gasteiger charge is -2.05. The van der Waals surface area contributed by atoms with Crippen molar-refractivity contribution in [2.75, 3.05) is 0 Å². The third kappa shape index (κ3) is 2.17. The van der Waals surface area contributed by atoms with E-state index in [1.165, 1.54) is 63.9 Å². The standard InChI is InChI=1S/C28H17NS/c1-2-7-19-17(6-1)12-14-24-27(19)22-10-5-9-20(28(22)29-24)18-13-15-26-23(16-18)21-8-3-4-11-25(21)30-26/h1-16,29H. The van der Waals surface area contributed by atoms with Gasteiger partial charge >= 0.3 is 0 Å². The first-order valence-corrected chi connectivity index (χ1v) is 11.0. The molecule has 0 fully saturated rings. The number of nitrogens with one attached hydrogen (secondary N) is 1. The van der Waals surface area contributed by atoms with Crippen molar-refractivity contribution >= 4 is 64.1 Å². The fourth-order valence-electron chi connectivity index (χ4n) is 4.83. The maximum atomic E-state index is 3.72. The second-order valence-electron chi connectivity index (χ2n) is 7.87. The number of hydrogen-bond acceptors (Lipinski definition) is 1. The Kier molecular flexibility index (Phi) is 3.21. The third-order valence-electron chi connectivity index (χ3n) is 6.21. The molecule has 0 bridgehead atoms. The minimum Gasteiger partial charge on any atom is -0.354 e. The zero-order valence-electron chi connectivity index (χ0n) is 16.1. The van der Waals surface area contributed by atoms with E-state index < -0.39 is 0 Å². The van der Waals surface area contributed by atoms with Crippen molar-refractivity contribution in [1.82, 2.24) is 4.98 Å². The van der Waals surface area contributed by atoms with Crippen molar-refractivity contribution in [3.63, 3.8) is 0 Å². The number of hydrogen-bond donors (Lipinski definition) is 1. The van der Waals surface area contributed by atoms with Crippen LogP contribution in [0.25, 0.3) is 63.9 Å². The number of benzene rings is 5. The summed E-state index contributed by atoms with van der Waals surface area (Å²) in [6.07, 6.45) is 0. The molecule has 2 heterocycles. The Morgan fingerprint density at radius 2 is 1.37 bits per heavy atom. The van der Waals surface area contributed by atoms with Crippen LogP contribution in [-0.2, 0) is 0 Å². The molecule has 0 aliphatic heterocycles. The number of thiophene rings is 1. The SMILES string of the molecule is c1ccc2c(c1)ccc1[nH]c3c(-c4ccc5sc6ccccc6c5c4)cccc3c12. The maximum absolute atomic E-state index is 3.72. The number of fused-ring (bicyclic) bond motifs is 8. The van der Waals surface area contributed by atoms with Gasteiger partial charge in [0.25, 0.3) is 0 Å². The molecule has 1 nitrogen and oxygen atoms in total. The minimum absolute atomic E-state index is 1.19. The van der Waals surface area contributed by atoms with Crippen LogP contribution >= 0.6 is 11.3 Å². The van der Waals surface area contributed by atoms with Crippen LogP contribution < -0.4 is 0 Å². The molecule has 0 saturated heterocycles. The van der Waals surface area contributed by atoms with Gasteiger partial charge in [-0.05, 0) is 40.6 Å². The molecule has 2 aromatic heterocycles. The summed E-state index contributed by atoms with van der Waals surface area (Å²) >= 11 is 1.87. The van der Waals surface area contributed by atoms with Crippen molar-refractivity contribution in [3.8, 4) is 11.1 Å². The van der Waals surface area contributed by atoms with Gasteiger partial charge in [0.05, 0.1) is 5.52 Å². The largest absolute Gasteiger partial charge is 0.354 e. The van der Waals surface area contributed by atoms with Crippen LogP contribution in [-0.4, -0.2) is 4.98 Å². The van der Waals surface area contributed by atoms with Gasteiger partial charge in [-0.2, -0.15) is 0 Å². The molecule has 0 amide bonds. The summed E-state index contributed by atoms with van der Waals surface area (Å²) in [6.45, 7) is 0. The number of aromatic amines is 1. The molecule has 30 heavy (non-hydrogen) atoms. The summed E-state index contributed by atoms with van der Waals surface area (Å²) in [7, 11) is 0. The van der Waals surface area contributed by atoms with Crippen LogP contribution in [0.15, 0.2) is 97.1 Å². The zero-order valence-corrected chi connectivity index (χ0v) is 17.0. The number of H-pyrrole nitrogens is 1. The molecular weight excluding hydrogens is 382 g/mol. The van der Waals surface area contributed by atoms with E-state index in [-0.39, 0.29) is 0 Å². The fourth-order valence-corrected chi connectivity index (χ4v) is 5.92. The Labute approximate surface area is 177 Å². The van der Waals surface area contributed by atoms with Gasteiger partial charge in [-0.15, -0.1) is 11.3 Å². The van der Waals surface area contributed by atoms with Crippen molar-refractivity contribution < 1.29 is 0 Å². The average Bonchev–Trinajstić information content (AvgIpc) is 3.37. The first-order chi connectivity index (χ1) is 14.9. The van der Waals surface area contributed by atoms with Gasteiger partial charge in [-0.25, -0.2) is 0 Å². The molecule has 140 valence electrons. The molecule has 0 atom stereocenters. The highest BCUT2D eigenvalue weighted by Crippen LogP contribution is 2.40. The van der Waals surface area contributed by atoms with Gasteiger partial charge in [0.1, 0.15) is 0 Å². The number of aromatic nitrogens is 1. The Morgan fingerprint density at radius 1 is 0.567 bits per heavy atom. The first kappa shape index (κ1) is 16.2. The summed E-state index contributed by atoms with van der Waals surface area (Å²) in [4.78, 5) is 3.72. The van der Waals surface area contributed by atoms with Gasteiger partial charge in [-0.1, -0.05) is 72.8 Å². The Balaban J connectivity index is 1.56. The van der Waals surface area contributed by atoms with E-state index in [9.17, 15) is 0 Å². The maximum Gasteiger partial charge on any atom is 0.0544 e. The van der Waals surface area contributed by atoms with E-state index in [0.717, 1.165) is 0 Å². The Hall–Kier alpha value is -3.62. The second kappa shape index (κ2) is 5.94. The van der Waals surface area contributed by atoms with E-state index in [1.807, 2.05) is 11.3 Å². The molecule has 7 aromatic rings. The van der Waals surface area contributed by atoms with E-state index in [0.29, 0.717) is 0 Å². The van der Waals surface area contributed by atoms with Crippen LogP contribution in [0.2, 0.25) is 0 Å². The molecular formula is C28H17NS. The lowest BCUT2D eigenvalue weighted by Crippen LogP contribution is -1.80. The molecule has 7 rings (SSSR count). The molecule has 0 aliphatic carbocycles. The summed E-state index contributed by atoms with van der Waals surface area (Å²) < 4.78 is 2.69. The van der Waals surface area contributed by atoms with Gasteiger partial charge in [-0.3, -0.25) is 0 Å². The number of para-hydroxylation sites is 1. The zero-order chi connectivity index (χ0) is 19.7. The quantitative estimate of drug-likeness (QED) is 0.285. The summed E-state index contributed by atoms with van der Waals surface area (Å²) in [5.41, 5.74) is 4.92. The van der Waals surface area contributed by atoms with E-state index >= 15 is 0 Å². The fraction of sp³-hybridized carbons (Fsp3) is 0. The predicted octanol–water partition coefficient (Wildman–Crippen LogP) is 8.51. The molecule has 0 aliphatic rings. The monoisotopic (exact) mass is 399 g/mol. The third-order valence-corrected chi connectivity index (χ3v) is 7.36. The molecule has 0 saturated carbocycles. The highest BCUT2D eigenvalue weighted by molar-refractivity contribution is 7.25. The van der Waals surface area contributed by atoms with Crippen molar-refractivity contribution in [3.05, 3.63) is 97.1 Å². The number of rotatable bonds is 1. The van der Waals surface area contributed by atoms with E-state index in [1.54, 1.807) is 0 Å².